The molecule has 1 atom stereocenters. The van der Waals surface area contributed by atoms with Gasteiger partial charge in [-0.3, -0.25) is 0 Å². The van der Waals surface area contributed by atoms with Crippen LogP contribution in [0.4, 0.5) is 5.69 Å². The van der Waals surface area contributed by atoms with Gasteiger partial charge in [0.1, 0.15) is 17.4 Å². The van der Waals surface area contributed by atoms with Crippen LogP contribution in [0.5, 0.6) is 0 Å². The second-order valence-electron chi connectivity index (χ2n) is 8.75. The van der Waals surface area contributed by atoms with Crippen molar-refractivity contribution in [1.29, 1.82) is 0 Å². The Hall–Kier alpha value is -3.27. The number of fused-ring (bicyclic) bond motifs is 1. The number of anilines is 1. The summed E-state index contributed by atoms with van der Waals surface area (Å²) in [5.74, 6) is 1.58. The van der Waals surface area contributed by atoms with Crippen molar-refractivity contribution in [2.24, 2.45) is 7.05 Å². The van der Waals surface area contributed by atoms with Crippen LogP contribution in [0.1, 0.15) is 17.5 Å². The summed E-state index contributed by atoms with van der Waals surface area (Å²) in [5.41, 5.74) is 5.91. The summed E-state index contributed by atoms with van der Waals surface area (Å²) >= 11 is 0. The topological polar surface area (TPSA) is 79.5 Å². The smallest absolute Gasteiger partial charge is 0.164 e. The molecule has 2 aliphatic heterocycles. The number of imidazole rings is 1. The van der Waals surface area contributed by atoms with Crippen LogP contribution in [-0.4, -0.2) is 70.4 Å². The lowest BCUT2D eigenvalue weighted by atomic mass is 10.1. The largest absolute Gasteiger partial charge is 0.378 e. The highest BCUT2D eigenvalue weighted by molar-refractivity contribution is 5.88. The van der Waals surface area contributed by atoms with Crippen molar-refractivity contribution in [3.05, 3.63) is 54.0 Å². The summed E-state index contributed by atoms with van der Waals surface area (Å²) in [6.45, 7) is 6.77. The van der Waals surface area contributed by atoms with Gasteiger partial charge in [-0.25, -0.2) is 14.6 Å². The van der Waals surface area contributed by atoms with E-state index in [0.29, 0.717) is 33.0 Å². The summed E-state index contributed by atoms with van der Waals surface area (Å²) in [7, 11) is 1.99. The average Bonchev–Trinajstić information content (AvgIpc) is 3.50. The zero-order chi connectivity index (χ0) is 23.1. The van der Waals surface area contributed by atoms with Gasteiger partial charge >= 0.3 is 0 Å². The molecule has 4 aromatic rings. The van der Waals surface area contributed by atoms with Gasteiger partial charge in [0.2, 0.25) is 0 Å². The zero-order valence-electron chi connectivity index (χ0n) is 19.5. The van der Waals surface area contributed by atoms with Crippen molar-refractivity contribution in [3.8, 4) is 17.1 Å². The second-order valence-corrected chi connectivity index (χ2v) is 8.75. The Morgan fingerprint density at radius 3 is 2.65 bits per heavy atom. The van der Waals surface area contributed by atoms with Gasteiger partial charge in [-0.1, -0.05) is 23.8 Å². The van der Waals surface area contributed by atoms with E-state index < -0.39 is 0 Å². The third-order valence-electron chi connectivity index (χ3n) is 6.42. The first-order chi connectivity index (χ1) is 16.7. The second kappa shape index (κ2) is 8.83. The van der Waals surface area contributed by atoms with E-state index in [1.807, 2.05) is 28.6 Å². The highest BCUT2D eigenvalue weighted by Crippen LogP contribution is 2.32. The van der Waals surface area contributed by atoms with Gasteiger partial charge < -0.3 is 23.7 Å². The Morgan fingerprint density at radius 1 is 0.971 bits per heavy atom. The molecule has 0 amide bonds. The number of aryl methyl sites for hydroxylation is 2. The van der Waals surface area contributed by atoms with Crippen LogP contribution in [0.25, 0.3) is 28.2 Å². The van der Waals surface area contributed by atoms with E-state index in [9.17, 15) is 0 Å². The highest BCUT2D eigenvalue weighted by atomic mass is 16.6. The van der Waals surface area contributed by atoms with Crippen LogP contribution in [0.15, 0.2) is 42.6 Å². The van der Waals surface area contributed by atoms with Crippen LogP contribution in [0, 0.1) is 6.92 Å². The van der Waals surface area contributed by atoms with Gasteiger partial charge in [-0.2, -0.15) is 5.10 Å². The Labute approximate surface area is 197 Å². The van der Waals surface area contributed by atoms with Gasteiger partial charge in [0, 0.05) is 38.0 Å². The molecule has 1 aromatic carbocycles. The molecular formula is C25H28N6O3. The Balaban J connectivity index is 1.46. The molecule has 0 unspecified atom stereocenters. The molecule has 0 N–H and O–H groups in total. The maximum Gasteiger partial charge on any atom is 0.164 e. The molecular weight excluding hydrogens is 432 g/mol. The van der Waals surface area contributed by atoms with E-state index in [0.717, 1.165) is 52.8 Å². The number of morpholine rings is 1. The monoisotopic (exact) mass is 460 g/mol. The van der Waals surface area contributed by atoms with Crippen molar-refractivity contribution >= 4 is 16.9 Å². The fraction of sp³-hybridized carbons (Fsp3) is 0.400. The van der Waals surface area contributed by atoms with Crippen LogP contribution in [0.2, 0.25) is 0 Å². The molecule has 6 rings (SSSR count). The molecule has 0 aliphatic carbocycles. The predicted octanol–water partition coefficient (Wildman–Crippen LogP) is 3.05. The summed E-state index contributed by atoms with van der Waals surface area (Å²) in [4.78, 5) is 12.3. The minimum atomic E-state index is -0.202. The minimum absolute atomic E-state index is 0.202. The van der Waals surface area contributed by atoms with Crippen LogP contribution in [-0.2, 0) is 21.3 Å². The molecule has 9 heteroatoms. The molecule has 176 valence electrons. The van der Waals surface area contributed by atoms with Gasteiger partial charge in [-0.05, 0) is 19.1 Å². The highest BCUT2D eigenvalue weighted by Gasteiger charge is 2.26. The number of aromatic nitrogens is 5. The minimum Gasteiger partial charge on any atom is -0.378 e. The number of hydrogen-bond donors (Lipinski definition) is 0. The average molecular weight is 461 g/mol. The third kappa shape index (κ3) is 3.85. The number of rotatable bonds is 4. The first-order valence-corrected chi connectivity index (χ1v) is 11.7. The molecule has 34 heavy (non-hydrogen) atoms. The maximum absolute atomic E-state index is 5.95. The molecule has 2 fully saturated rings. The van der Waals surface area contributed by atoms with E-state index in [1.165, 1.54) is 5.56 Å². The van der Waals surface area contributed by atoms with Crippen molar-refractivity contribution in [2.75, 3.05) is 51.0 Å². The van der Waals surface area contributed by atoms with Crippen LogP contribution < -0.4 is 4.90 Å². The summed E-state index contributed by atoms with van der Waals surface area (Å²) < 4.78 is 21.0. The molecule has 3 aromatic heterocycles. The van der Waals surface area contributed by atoms with Gasteiger partial charge in [-0.15, -0.1) is 0 Å². The first kappa shape index (κ1) is 21.3. The lowest BCUT2D eigenvalue weighted by molar-refractivity contribution is -0.0942. The van der Waals surface area contributed by atoms with Crippen molar-refractivity contribution < 1.29 is 14.2 Å². The van der Waals surface area contributed by atoms with Gasteiger partial charge in [0.25, 0.3) is 0 Å². The van der Waals surface area contributed by atoms with E-state index in [1.54, 1.807) is 0 Å². The SMILES string of the molecule is Cc1cccc(-c2ccn(-c3cc(N4CCOCC4)c4nc([C@H]5COCCO5)n(C)c4n3)n2)c1. The van der Waals surface area contributed by atoms with Crippen molar-refractivity contribution in [3.63, 3.8) is 0 Å². The normalized spacial score (nSPS) is 19.1. The standard InChI is InChI=1S/C25H28N6O3/c1-17-4-3-5-18(14-17)19-6-7-31(28-19)22-15-20(30-8-10-32-11-9-30)23-25(26-22)29(2)24(27-23)21-16-33-12-13-34-21/h3-7,14-15,21H,8-13,16H2,1-2H3/t21-/m1/s1. The number of ether oxygens (including phenoxy) is 3. The number of pyridine rings is 1. The molecule has 9 nitrogen and oxygen atoms in total. The van der Waals surface area contributed by atoms with Crippen LogP contribution in [0.3, 0.4) is 0 Å². The number of hydrogen-bond acceptors (Lipinski definition) is 7. The zero-order valence-corrected chi connectivity index (χ0v) is 19.5. The molecule has 0 radical (unpaired) electrons. The van der Waals surface area contributed by atoms with E-state index in [4.69, 9.17) is 29.3 Å². The third-order valence-corrected chi connectivity index (χ3v) is 6.42. The Morgan fingerprint density at radius 2 is 1.85 bits per heavy atom. The number of nitrogens with zero attached hydrogens (tertiary/aromatic N) is 6. The molecule has 5 heterocycles. The lowest BCUT2D eigenvalue weighted by Crippen LogP contribution is -2.36. The molecule has 2 aliphatic rings. The van der Waals surface area contributed by atoms with Crippen molar-refractivity contribution in [1.82, 2.24) is 24.3 Å². The Bertz CT molecular complexity index is 1320. The summed E-state index contributed by atoms with van der Waals surface area (Å²) in [6.07, 6.45) is 1.76. The maximum atomic E-state index is 5.95. The fourth-order valence-electron chi connectivity index (χ4n) is 4.64. The van der Waals surface area contributed by atoms with E-state index in [-0.39, 0.29) is 6.10 Å². The van der Waals surface area contributed by atoms with E-state index >= 15 is 0 Å². The Kier molecular flexibility index (Phi) is 5.52. The molecule has 0 spiro atoms. The van der Waals surface area contributed by atoms with Gasteiger partial charge in [0.05, 0.1) is 44.4 Å². The first-order valence-electron chi connectivity index (χ1n) is 11.7. The summed E-state index contributed by atoms with van der Waals surface area (Å²) in [5, 5.41) is 4.85. The predicted molar refractivity (Wildman–Crippen MR) is 128 cm³/mol. The lowest BCUT2D eigenvalue weighted by Gasteiger charge is -2.29. The van der Waals surface area contributed by atoms with Crippen LogP contribution >= 0.6 is 0 Å². The summed E-state index contributed by atoms with van der Waals surface area (Å²) in [6, 6.07) is 12.5. The number of benzene rings is 1. The fourth-order valence-corrected chi connectivity index (χ4v) is 4.64. The van der Waals surface area contributed by atoms with Crippen molar-refractivity contribution in [2.45, 2.75) is 13.0 Å². The van der Waals surface area contributed by atoms with E-state index in [2.05, 4.69) is 42.2 Å². The molecule has 0 bridgehead atoms. The molecule has 2 saturated heterocycles. The van der Waals surface area contributed by atoms with Gasteiger partial charge in [0.15, 0.2) is 11.5 Å². The quantitative estimate of drug-likeness (QED) is 0.463. The molecule has 0 saturated carbocycles.